The van der Waals surface area contributed by atoms with E-state index in [1.54, 1.807) is 20.1 Å². The summed E-state index contributed by atoms with van der Waals surface area (Å²) in [5.74, 6) is 0.0883. The Hall–Kier alpha value is -2.15. The quantitative estimate of drug-likeness (QED) is 0.821. The summed E-state index contributed by atoms with van der Waals surface area (Å²) < 4.78 is 18.8. The lowest BCUT2D eigenvalue weighted by atomic mass is 9.80. The second kappa shape index (κ2) is 6.39. The predicted octanol–water partition coefficient (Wildman–Crippen LogP) is 1.64. The molecular weight excluding hydrogens is 313 g/mol. The molecule has 24 heavy (non-hydrogen) atoms. The molecule has 1 aromatic carbocycles. The first-order valence-corrected chi connectivity index (χ1v) is 8.11. The summed E-state index contributed by atoms with van der Waals surface area (Å²) in [5, 5.41) is 5.07. The number of amides is 3. The summed E-state index contributed by atoms with van der Waals surface area (Å²) in [6.07, 6.45) is 1.78. The Bertz CT molecular complexity index is 666. The van der Waals surface area contributed by atoms with Crippen molar-refractivity contribution in [1.82, 2.24) is 15.5 Å². The number of benzene rings is 1. The van der Waals surface area contributed by atoms with Gasteiger partial charge in [0.25, 0.3) is 5.91 Å². The number of likely N-dealkylation sites (tertiary alicyclic amines) is 1. The van der Waals surface area contributed by atoms with Crippen molar-refractivity contribution in [1.29, 1.82) is 0 Å². The van der Waals surface area contributed by atoms with Gasteiger partial charge < -0.3 is 10.1 Å². The fourth-order valence-corrected chi connectivity index (χ4v) is 3.63. The van der Waals surface area contributed by atoms with Crippen molar-refractivity contribution < 1.29 is 18.7 Å². The van der Waals surface area contributed by atoms with E-state index in [-0.39, 0.29) is 17.6 Å². The lowest BCUT2D eigenvalue weighted by Crippen LogP contribution is -2.55. The Balaban J connectivity index is 1.74. The van der Waals surface area contributed by atoms with Gasteiger partial charge in [0.15, 0.2) is 0 Å². The Morgan fingerprint density at radius 1 is 1.42 bits per heavy atom. The Morgan fingerprint density at radius 2 is 2.21 bits per heavy atom. The van der Waals surface area contributed by atoms with E-state index in [1.165, 1.54) is 12.1 Å². The third kappa shape index (κ3) is 3.08. The molecule has 2 fully saturated rings. The highest BCUT2D eigenvalue weighted by Crippen LogP contribution is 2.31. The fraction of sp³-hybridized carbons (Fsp3) is 0.529. The van der Waals surface area contributed by atoms with Gasteiger partial charge in [0.05, 0.1) is 7.11 Å². The number of piperidine rings is 1. The molecule has 2 unspecified atom stereocenters. The molecule has 0 aliphatic carbocycles. The molecule has 0 radical (unpaired) electrons. The zero-order valence-corrected chi connectivity index (χ0v) is 13.9. The molecule has 3 amide bonds. The summed E-state index contributed by atoms with van der Waals surface area (Å²) in [7, 11) is 1.56. The number of methoxy groups -OCH3 is 1. The smallest absolute Gasteiger partial charge is 0.322 e. The average Bonchev–Trinajstić information content (AvgIpc) is 2.81. The highest BCUT2D eigenvalue weighted by molar-refractivity contribution is 6.06. The zero-order valence-electron chi connectivity index (χ0n) is 13.9. The van der Waals surface area contributed by atoms with Crippen LogP contribution in [0.5, 0.6) is 5.75 Å². The van der Waals surface area contributed by atoms with Gasteiger partial charge in [-0.3, -0.25) is 15.0 Å². The second-order valence-electron chi connectivity index (χ2n) is 6.64. The molecule has 2 N–H and O–H groups in total. The first kappa shape index (κ1) is 16.7. The van der Waals surface area contributed by atoms with Crippen molar-refractivity contribution in [3.05, 3.63) is 29.6 Å². The first-order chi connectivity index (χ1) is 11.4. The van der Waals surface area contributed by atoms with Gasteiger partial charge >= 0.3 is 6.03 Å². The topological polar surface area (TPSA) is 70.7 Å². The number of ether oxygens (including phenoxy) is 1. The molecule has 2 saturated heterocycles. The number of imide groups is 1. The zero-order chi connectivity index (χ0) is 17.3. The highest BCUT2D eigenvalue weighted by atomic mass is 19.1. The Labute approximate surface area is 140 Å². The normalized spacial score (nSPS) is 27.7. The van der Waals surface area contributed by atoms with Gasteiger partial charge in [0.2, 0.25) is 0 Å². The van der Waals surface area contributed by atoms with E-state index in [4.69, 9.17) is 4.74 Å². The van der Waals surface area contributed by atoms with Crippen LogP contribution in [-0.2, 0) is 11.3 Å². The van der Waals surface area contributed by atoms with Crippen molar-refractivity contribution in [2.45, 2.75) is 31.8 Å². The molecule has 0 saturated carbocycles. The number of nitrogens with one attached hydrogen (secondary N) is 2. The van der Waals surface area contributed by atoms with E-state index in [0.29, 0.717) is 18.8 Å². The molecule has 0 spiro atoms. The van der Waals surface area contributed by atoms with Crippen molar-refractivity contribution in [2.75, 3.05) is 20.2 Å². The summed E-state index contributed by atoms with van der Waals surface area (Å²) in [6.45, 7) is 3.83. The Morgan fingerprint density at radius 3 is 2.88 bits per heavy atom. The van der Waals surface area contributed by atoms with E-state index >= 15 is 0 Å². The maximum Gasteiger partial charge on any atom is 0.322 e. The van der Waals surface area contributed by atoms with Crippen molar-refractivity contribution in [3.63, 3.8) is 0 Å². The number of hydrogen-bond acceptors (Lipinski definition) is 4. The van der Waals surface area contributed by atoms with E-state index in [0.717, 1.165) is 24.9 Å². The van der Waals surface area contributed by atoms with Crippen molar-refractivity contribution in [2.24, 2.45) is 5.92 Å². The van der Waals surface area contributed by atoms with E-state index in [1.807, 2.05) is 0 Å². The maximum atomic E-state index is 13.5. The minimum atomic E-state index is -0.887. The number of halogens is 1. The Kier molecular flexibility index (Phi) is 4.45. The van der Waals surface area contributed by atoms with Gasteiger partial charge in [-0.1, -0.05) is 0 Å². The standard InChI is InChI=1S/C17H22FN3O3/c1-17(15(22)19-16(23)20-17)12-4-3-7-21(10-12)9-11-8-13(18)5-6-14(11)24-2/h5-6,8,12H,3-4,7,9-10H2,1-2H3,(H2,19,20,22,23). The fourth-order valence-electron chi connectivity index (χ4n) is 3.63. The van der Waals surface area contributed by atoms with Crippen LogP contribution in [0.2, 0.25) is 0 Å². The summed E-state index contributed by atoms with van der Waals surface area (Å²) in [6, 6.07) is 4.04. The van der Waals surface area contributed by atoms with Crippen LogP contribution in [0.4, 0.5) is 9.18 Å². The molecule has 2 aliphatic heterocycles. The van der Waals surface area contributed by atoms with E-state index < -0.39 is 11.6 Å². The monoisotopic (exact) mass is 335 g/mol. The van der Waals surface area contributed by atoms with Crippen LogP contribution >= 0.6 is 0 Å². The number of carbonyl (C=O) groups is 2. The number of urea groups is 1. The van der Waals surface area contributed by atoms with Crippen LogP contribution in [-0.4, -0.2) is 42.6 Å². The number of rotatable bonds is 4. The molecule has 2 atom stereocenters. The molecule has 1 aromatic rings. The van der Waals surface area contributed by atoms with Crippen LogP contribution < -0.4 is 15.4 Å². The minimum Gasteiger partial charge on any atom is -0.496 e. The van der Waals surface area contributed by atoms with Gasteiger partial charge in [0.1, 0.15) is 17.1 Å². The van der Waals surface area contributed by atoms with E-state index in [2.05, 4.69) is 15.5 Å². The van der Waals surface area contributed by atoms with Crippen LogP contribution in [0, 0.1) is 11.7 Å². The number of carbonyl (C=O) groups excluding carboxylic acids is 2. The van der Waals surface area contributed by atoms with Gasteiger partial charge in [-0.05, 0) is 44.5 Å². The highest BCUT2D eigenvalue weighted by Gasteiger charge is 2.48. The SMILES string of the molecule is COc1ccc(F)cc1CN1CCCC(C2(C)NC(=O)NC2=O)C1. The van der Waals surface area contributed by atoms with Crippen LogP contribution in [0.3, 0.4) is 0 Å². The van der Waals surface area contributed by atoms with Gasteiger partial charge in [-0.2, -0.15) is 0 Å². The number of nitrogens with zero attached hydrogens (tertiary/aromatic N) is 1. The van der Waals surface area contributed by atoms with E-state index in [9.17, 15) is 14.0 Å². The van der Waals surface area contributed by atoms with Crippen LogP contribution in [0.25, 0.3) is 0 Å². The summed E-state index contributed by atoms with van der Waals surface area (Å²) >= 11 is 0. The van der Waals surface area contributed by atoms with Crippen molar-refractivity contribution >= 4 is 11.9 Å². The maximum absolute atomic E-state index is 13.5. The minimum absolute atomic E-state index is 0.0113. The molecule has 2 aliphatic rings. The van der Waals surface area contributed by atoms with Crippen LogP contribution in [0.1, 0.15) is 25.3 Å². The molecule has 7 heteroatoms. The molecular formula is C17H22FN3O3. The molecule has 6 nitrogen and oxygen atoms in total. The molecule has 0 bridgehead atoms. The summed E-state index contributed by atoms with van der Waals surface area (Å²) in [5.41, 5.74) is -0.106. The van der Waals surface area contributed by atoms with Gasteiger partial charge in [-0.15, -0.1) is 0 Å². The summed E-state index contributed by atoms with van der Waals surface area (Å²) in [4.78, 5) is 25.8. The number of hydrogen-bond donors (Lipinski definition) is 2. The molecule has 130 valence electrons. The third-order valence-electron chi connectivity index (χ3n) is 5.03. The molecule has 0 aromatic heterocycles. The average molecular weight is 335 g/mol. The lowest BCUT2D eigenvalue weighted by molar-refractivity contribution is -0.126. The predicted molar refractivity (Wildman–Crippen MR) is 86.0 cm³/mol. The largest absolute Gasteiger partial charge is 0.496 e. The van der Waals surface area contributed by atoms with Gasteiger partial charge in [0, 0.05) is 24.6 Å². The lowest BCUT2D eigenvalue weighted by Gasteiger charge is -2.39. The van der Waals surface area contributed by atoms with Crippen LogP contribution in [0.15, 0.2) is 18.2 Å². The third-order valence-corrected chi connectivity index (χ3v) is 5.03. The molecule has 3 rings (SSSR count). The van der Waals surface area contributed by atoms with Crippen molar-refractivity contribution in [3.8, 4) is 5.75 Å². The molecule has 2 heterocycles. The van der Waals surface area contributed by atoms with Gasteiger partial charge in [-0.25, -0.2) is 9.18 Å². The second-order valence-corrected chi connectivity index (χ2v) is 6.64. The first-order valence-electron chi connectivity index (χ1n) is 8.11.